The molecule has 152 valence electrons. The monoisotopic (exact) mass is 396 g/mol. The summed E-state index contributed by atoms with van der Waals surface area (Å²) in [6.45, 7) is 0.215. The van der Waals surface area contributed by atoms with Gasteiger partial charge in [-0.25, -0.2) is 4.79 Å². The first-order chi connectivity index (χ1) is 13.3. The van der Waals surface area contributed by atoms with Crippen LogP contribution in [0.2, 0.25) is 0 Å². The number of nitrogens with two attached hydrogens (primary N) is 1. The molecule has 0 heterocycles. The van der Waals surface area contributed by atoms with Crippen LogP contribution in [0.5, 0.6) is 5.75 Å². The van der Waals surface area contributed by atoms with Crippen molar-refractivity contribution in [3.63, 3.8) is 0 Å². The van der Waals surface area contributed by atoms with Crippen LogP contribution in [0, 0.1) is 23.7 Å². The summed E-state index contributed by atoms with van der Waals surface area (Å²) in [5, 5.41) is 3.44. The van der Waals surface area contributed by atoms with Crippen LogP contribution in [0.3, 0.4) is 0 Å². The third kappa shape index (κ3) is 3.38. The van der Waals surface area contributed by atoms with Crippen LogP contribution in [0.25, 0.3) is 0 Å². The van der Waals surface area contributed by atoms with Gasteiger partial charge in [0.15, 0.2) is 0 Å². The minimum Gasteiger partial charge on any atom is -0.419 e. The van der Waals surface area contributed by atoms with Gasteiger partial charge in [-0.05, 0) is 55.4 Å². The summed E-state index contributed by atoms with van der Waals surface area (Å²) < 4.78 is 42.5. The van der Waals surface area contributed by atoms with E-state index in [0.717, 1.165) is 24.2 Å². The maximum Gasteiger partial charge on any atom is 0.491 e. The number of rotatable bonds is 5. The van der Waals surface area contributed by atoms with Crippen LogP contribution in [0.1, 0.15) is 48.0 Å². The standard InChI is InChI=1S/C20H23F3N2O3/c21-20(22,23)19(27)28-17-10(3-1-6-14(17)18(24)26)9-25-16-8-11-7-15(16)13-5-2-4-12(11)13/h1,3,6,11-13,15-16,25H,2,4-5,7-9H2,(H2,24,26). The molecule has 3 saturated carbocycles. The molecule has 3 N–H and O–H groups in total. The number of amides is 1. The molecular formula is C20H23F3N2O3. The second kappa shape index (κ2) is 7.06. The third-order valence-electron chi connectivity index (χ3n) is 6.77. The fourth-order valence-corrected chi connectivity index (χ4v) is 5.73. The lowest BCUT2D eigenvalue weighted by atomic mass is 9.79. The summed E-state index contributed by atoms with van der Waals surface area (Å²) in [5.41, 5.74) is 5.35. The van der Waals surface area contributed by atoms with Crippen molar-refractivity contribution in [2.45, 2.75) is 50.9 Å². The lowest BCUT2D eigenvalue weighted by molar-refractivity contribution is -0.189. The molecule has 5 atom stereocenters. The average Bonchev–Trinajstić information content (AvgIpc) is 3.32. The molecule has 1 aromatic rings. The smallest absolute Gasteiger partial charge is 0.419 e. The van der Waals surface area contributed by atoms with Crippen LogP contribution in [0.15, 0.2) is 18.2 Å². The van der Waals surface area contributed by atoms with Crippen molar-refractivity contribution in [1.82, 2.24) is 5.32 Å². The number of esters is 1. The number of hydrogen-bond acceptors (Lipinski definition) is 4. The van der Waals surface area contributed by atoms with Gasteiger partial charge in [0, 0.05) is 18.2 Å². The number of benzene rings is 1. The maximum absolute atomic E-state index is 12.7. The van der Waals surface area contributed by atoms with Crippen molar-refractivity contribution < 1.29 is 27.5 Å². The zero-order chi connectivity index (χ0) is 20.1. The minimum atomic E-state index is -5.16. The van der Waals surface area contributed by atoms with Crippen molar-refractivity contribution in [3.05, 3.63) is 29.3 Å². The van der Waals surface area contributed by atoms with Gasteiger partial charge in [-0.15, -0.1) is 0 Å². The van der Waals surface area contributed by atoms with Crippen LogP contribution in [-0.2, 0) is 11.3 Å². The van der Waals surface area contributed by atoms with Gasteiger partial charge in [0.05, 0.1) is 5.56 Å². The first kappa shape index (κ1) is 19.2. The van der Waals surface area contributed by atoms with E-state index in [2.05, 4.69) is 10.1 Å². The Balaban J connectivity index is 1.51. The zero-order valence-electron chi connectivity index (χ0n) is 15.3. The number of ether oxygens (including phenoxy) is 1. The second-order valence-electron chi connectivity index (χ2n) is 8.19. The summed E-state index contributed by atoms with van der Waals surface area (Å²) in [4.78, 5) is 23.0. The van der Waals surface area contributed by atoms with Crippen LogP contribution in [0.4, 0.5) is 13.2 Å². The Bertz CT molecular complexity index is 795. The van der Waals surface area contributed by atoms with E-state index in [1.807, 2.05) is 0 Å². The summed E-state index contributed by atoms with van der Waals surface area (Å²) in [6.07, 6.45) is 0.987. The molecule has 1 aromatic carbocycles. The number of halogens is 3. The highest BCUT2D eigenvalue weighted by molar-refractivity contribution is 5.97. The van der Waals surface area contributed by atoms with Gasteiger partial charge >= 0.3 is 12.1 Å². The van der Waals surface area contributed by atoms with Crippen molar-refractivity contribution >= 4 is 11.9 Å². The minimum absolute atomic E-state index is 0.215. The molecule has 2 bridgehead atoms. The van der Waals surface area contributed by atoms with Crippen molar-refractivity contribution in [1.29, 1.82) is 0 Å². The molecule has 0 aliphatic heterocycles. The molecule has 0 radical (unpaired) electrons. The largest absolute Gasteiger partial charge is 0.491 e. The molecule has 1 amide bonds. The molecule has 8 heteroatoms. The van der Waals surface area contributed by atoms with E-state index < -0.39 is 23.8 Å². The Morgan fingerprint density at radius 2 is 1.89 bits per heavy atom. The van der Waals surface area contributed by atoms with E-state index in [0.29, 0.717) is 17.5 Å². The molecular weight excluding hydrogens is 373 g/mol. The molecule has 0 aromatic heterocycles. The first-order valence-corrected chi connectivity index (χ1v) is 9.69. The Morgan fingerprint density at radius 1 is 1.14 bits per heavy atom. The first-order valence-electron chi connectivity index (χ1n) is 9.69. The summed E-state index contributed by atoms with van der Waals surface area (Å²) in [5.74, 6) is -0.809. The van der Waals surface area contributed by atoms with Gasteiger partial charge < -0.3 is 15.8 Å². The quantitative estimate of drug-likeness (QED) is 0.592. The number of para-hydroxylation sites is 1. The van der Waals surface area contributed by atoms with Crippen molar-refractivity contribution in [2.24, 2.45) is 29.4 Å². The van der Waals surface area contributed by atoms with Crippen LogP contribution in [-0.4, -0.2) is 24.1 Å². The van der Waals surface area contributed by atoms with Gasteiger partial charge in [-0.2, -0.15) is 13.2 Å². The predicted octanol–water partition coefficient (Wildman–Crippen LogP) is 3.17. The van der Waals surface area contributed by atoms with Crippen molar-refractivity contribution in [3.8, 4) is 5.75 Å². The highest BCUT2D eigenvalue weighted by atomic mass is 19.4. The number of hydrogen-bond donors (Lipinski definition) is 2. The van der Waals surface area contributed by atoms with E-state index in [1.165, 1.54) is 37.8 Å². The number of carbonyl (C=O) groups is 2. The molecule has 3 fully saturated rings. The Morgan fingerprint density at radius 3 is 2.61 bits per heavy atom. The molecule has 3 aliphatic carbocycles. The van der Waals surface area contributed by atoms with Gasteiger partial charge in [0.2, 0.25) is 0 Å². The topological polar surface area (TPSA) is 81.4 Å². The van der Waals surface area contributed by atoms with Gasteiger partial charge in [0.1, 0.15) is 5.75 Å². The SMILES string of the molecule is NC(=O)c1cccc(CNC2CC3CC2C2CCCC32)c1OC(=O)C(F)(F)F. The molecule has 0 spiro atoms. The zero-order valence-corrected chi connectivity index (χ0v) is 15.3. The molecule has 0 saturated heterocycles. The van der Waals surface area contributed by atoms with Gasteiger partial charge in [-0.1, -0.05) is 18.6 Å². The third-order valence-corrected chi connectivity index (χ3v) is 6.77. The average molecular weight is 396 g/mol. The van der Waals surface area contributed by atoms with Gasteiger partial charge in [0.25, 0.3) is 5.91 Å². The second-order valence-corrected chi connectivity index (χ2v) is 8.19. The summed E-state index contributed by atoms with van der Waals surface area (Å²) in [6, 6.07) is 4.62. The van der Waals surface area contributed by atoms with E-state index in [-0.39, 0.29) is 12.1 Å². The van der Waals surface area contributed by atoms with E-state index >= 15 is 0 Å². The lowest BCUT2D eigenvalue weighted by Gasteiger charge is -2.32. The Hall–Kier alpha value is -2.09. The highest BCUT2D eigenvalue weighted by Gasteiger charge is 2.53. The molecule has 4 rings (SSSR count). The Kier molecular flexibility index (Phi) is 4.85. The van der Waals surface area contributed by atoms with Crippen molar-refractivity contribution in [2.75, 3.05) is 0 Å². The lowest BCUT2D eigenvalue weighted by Crippen LogP contribution is -2.39. The molecule has 3 aliphatic rings. The maximum atomic E-state index is 12.7. The number of alkyl halides is 3. The Labute approximate surface area is 160 Å². The van der Waals surface area contributed by atoms with Crippen LogP contribution < -0.4 is 15.8 Å². The fourth-order valence-electron chi connectivity index (χ4n) is 5.73. The molecule has 5 nitrogen and oxygen atoms in total. The molecule has 5 unspecified atom stereocenters. The normalized spacial score (nSPS) is 31.0. The highest BCUT2D eigenvalue weighted by Crippen LogP contribution is 2.58. The van der Waals surface area contributed by atoms with Crippen LogP contribution >= 0.6 is 0 Å². The van der Waals surface area contributed by atoms with E-state index in [9.17, 15) is 22.8 Å². The van der Waals surface area contributed by atoms with E-state index in [1.54, 1.807) is 6.07 Å². The number of primary amides is 1. The van der Waals surface area contributed by atoms with E-state index in [4.69, 9.17) is 5.73 Å². The summed E-state index contributed by atoms with van der Waals surface area (Å²) >= 11 is 0. The number of carbonyl (C=O) groups excluding carboxylic acids is 2. The molecule has 28 heavy (non-hydrogen) atoms. The number of fused-ring (bicyclic) bond motifs is 5. The summed E-state index contributed by atoms with van der Waals surface area (Å²) in [7, 11) is 0. The fraction of sp³-hybridized carbons (Fsp3) is 0.600. The predicted molar refractivity (Wildman–Crippen MR) is 94.3 cm³/mol. The van der Waals surface area contributed by atoms with Gasteiger partial charge in [-0.3, -0.25) is 4.79 Å². The number of nitrogens with one attached hydrogen (secondary N) is 1.